The number of rotatable bonds is 17. The number of allylic oxidation sites excluding steroid dienone is 1. The molecule has 0 rings (SSSR count). The van der Waals surface area contributed by atoms with E-state index in [0.29, 0.717) is 6.42 Å². The maximum Gasteiger partial charge on any atom is 0.389 e. The number of unbranched alkanes of at least 4 members (excludes halogenated alkanes) is 15. The maximum atomic E-state index is 11.9. The highest BCUT2D eigenvalue weighted by molar-refractivity contribution is 4.65. The first-order valence-corrected chi connectivity index (χ1v) is 9.74. The summed E-state index contributed by atoms with van der Waals surface area (Å²) in [4.78, 5) is 0. The van der Waals surface area contributed by atoms with Gasteiger partial charge in [-0.1, -0.05) is 89.5 Å². The zero-order valence-electron chi connectivity index (χ0n) is 14.9. The van der Waals surface area contributed by atoms with Crippen molar-refractivity contribution < 1.29 is 13.2 Å². The van der Waals surface area contributed by atoms with Gasteiger partial charge in [0, 0.05) is 6.42 Å². The van der Waals surface area contributed by atoms with Crippen LogP contribution in [0.3, 0.4) is 0 Å². The van der Waals surface area contributed by atoms with Gasteiger partial charge in [-0.25, -0.2) is 0 Å². The molecule has 0 saturated carbocycles. The van der Waals surface area contributed by atoms with Gasteiger partial charge in [-0.05, 0) is 19.3 Å². The lowest BCUT2D eigenvalue weighted by molar-refractivity contribution is -0.135. The Morgan fingerprint density at radius 1 is 0.522 bits per heavy atom. The zero-order chi connectivity index (χ0) is 17.2. The molecule has 3 heteroatoms. The van der Waals surface area contributed by atoms with Gasteiger partial charge in [-0.2, -0.15) is 13.2 Å². The molecule has 0 aromatic carbocycles. The van der Waals surface area contributed by atoms with Crippen molar-refractivity contribution in [2.45, 2.75) is 115 Å². The van der Waals surface area contributed by atoms with Gasteiger partial charge >= 0.3 is 6.18 Å². The van der Waals surface area contributed by atoms with Crippen molar-refractivity contribution in [3.63, 3.8) is 0 Å². The molecule has 0 aliphatic carbocycles. The lowest BCUT2D eigenvalue weighted by atomic mass is 10.0. The molecule has 0 N–H and O–H groups in total. The average Bonchev–Trinajstić information content (AvgIpc) is 2.49. The maximum absolute atomic E-state index is 11.9. The van der Waals surface area contributed by atoms with Crippen molar-refractivity contribution in [2.75, 3.05) is 0 Å². The summed E-state index contributed by atoms with van der Waals surface area (Å²) in [5, 5.41) is 0. The van der Waals surface area contributed by atoms with Crippen LogP contribution in [0, 0.1) is 0 Å². The third-order valence-electron chi connectivity index (χ3n) is 4.37. The van der Waals surface area contributed by atoms with Crippen LogP contribution in [0.2, 0.25) is 0 Å². The predicted octanol–water partition coefficient (Wildman–Crippen LogP) is 8.37. The van der Waals surface area contributed by atoms with Crippen LogP contribution in [0.15, 0.2) is 12.7 Å². The SMILES string of the molecule is C=CCCCCCCCCCCCCCCCCCC(F)(F)F. The predicted molar refractivity (Wildman–Crippen MR) is 94.7 cm³/mol. The molecule has 0 unspecified atom stereocenters. The van der Waals surface area contributed by atoms with Crippen molar-refractivity contribution in [1.82, 2.24) is 0 Å². The van der Waals surface area contributed by atoms with Gasteiger partial charge in [0.2, 0.25) is 0 Å². The normalized spacial score (nSPS) is 11.8. The first kappa shape index (κ1) is 22.5. The molecule has 0 aliphatic heterocycles. The van der Waals surface area contributed by atoms with Crippen LogP contribution in [0.1, 0.15) is 109 Å². The summed E-state index contributed by atoms with van der Waals surface area (Å²) in [7, 11) is 0. The lowest BCUT2D eigenvalue weighted by Crippen LogP contribution is -2.06. The molecular formula is C20H37F3. The Bertz CT molecular complexity index is 246. The Hall–Kier alpha value is -0.470. The van der Waals surface area contributed by atoms with Crippen molar-refractivity contribution in [3.8, 4) is 0 Å². The second kappa shape index (κ2) is 16.4. The summed E-state index contributed by atoms with van der Waals surface area (Å²) in [5.41, 5.74) is 0. The Morgan fingerprint density at radius 2 is 0.826 bits per heavy atom. The first-order chi connectivity index (χ1) is 11.1. The highest BCUT2D eigenvalue weighted by Crippen LogP contribution is 2.23. The van der Waals surface area contributed by atoms with E-state index < -0.39 is 12.6 Å². The highest BCUT2D eigenvalue weighted by Gasteiger charge is 2.25. The third kappa shape index (κ3) is 21.5. The molecular weight excluding hydrogens is 297 g/mol. The minimum Gasteiger partial charge on any atom is -0.171 e. The second-order valence-electron chi connectivity index (χ2n) is 6.75. The summed E-state index contributed by atoms with van der Waals surface area (Å²) in [6.07, 6.45) is 16.2. The molecule has 0 aromatic rings. The van der Waals surface area contributed by atoms with E-state index in [-0.39, 0.29) is 0 Å². The molecule has 138 valence electrons. The van der Waals surface area contributed by atoms with Crippen LogP contribution in [0.4, 0.5) is 13.2 Å². The second-order valence-corrected chi connectivity index (χ2v) is 6.75. The quantitative estimate of drug-likeness (QED) is 0.185. The highest BCUT2D eigenvalue weighted by atomic mass is 19.4. The summed E-state index contributed by atoms with van der Waals surface area (Å²) < 4.78 is 35.8. The average molecular weight is 335 g/mol. The Labute approximate surface area is 141 Å². The van der Waals surface area contributed by atoms with Crippen LogP contribution in [-0.4, -0.2) is 6.18 Å². The molecule has 0 saturated heterocycles. The van der Waals surface area contributed by atoms with Crippen LogP contribution in [-0.2, 0) is 0 Å². The van der Waals surface area contributed by atoms with E-state index in [1.807, 2.05) is 6.08 Å². The van der Waals surface area contributed by atoms with Crippen LogP contribution in [0.5, 0.6) is 0 Å². The van der Waals surface area contributed by atoms with Crippen molar-refractivity contribution in [2.24, 2.45) is 0 Å². The van der Waals surface area contributed by atoms with E-state index in [9.17, 15) is 13.2 Å². The van der Waals surface area contributed by atoms with Crippen molar-refractivity contribution >= 4 is 0 Å². The number of hydrogen-bond donors (Lipinski definition) is 0. The van der Waals surface area contributed by atoms with E-state index in [4.69, 9.17) is 0 Å². The molecule has 0 aliphatic rings. The lowest BCUT2D eigenvalue weighted by Gasteiger charge is -2.05. The number of hydrogen-bond acceptors (Lipinski definition) is 0. The van der Waals surface area contributed by atoms with E-state index >= 15 is 0 Å². The van der Waals surface area contributed by atoms with Crippen LogP contribution >= 0.6 is 0 Å². The van der Waals surface area contributed by atoms with E-state index in [1.165, 1.54) is 70.6 Å². The monoisotopic (exact) mass is 334 g/mol. The summed E-state index contributed by atoms with van der Waals surface area (Å²) in [6.45, 7) is 3.74. The van der Waals surface area contributed by atoms with Gasteiger partial charge in [0.25, 0.3) is 0 Å². The van der Waals surface area contributed by atoms with Crippen LogP contribution in [0.25, 0.3) is 0 Å². The topological polar surface area (TPSA) is 0 Å². The Balaban J connectivity index is 3.01. The standard InChI is InChI=1S/C20H37F3/c1-2-3-4-5-6-7-8-9-10-11-12-13-14-15-16-17-18-19-20(21,22)23/h2H,1,3-19H2. The smallest absolute Gasteiger partial charge is 0.171 e. The zero-order valence-corrected chi connectivity index (χ0v) is 14.9. The minimum atomic E-state index is -3.97. The Kier molecular flexibility index (Phi) is 16.1. The minimum absolute atomic E-state index is 0.303. The number of halogens is 3. The molecule has 0 radical (unpaired) electrons. The van der Waals surface area contributed by atoms with E-state index in [2.05, 4.69) is 6.58 Å². The summed E-state index contributed by atoms with van der Waals surface area (Å²) in [5.74, 6) is 0. The largest absolute Gasteiger partial charge is 0.389 e. The fraction of sp³-hybridized carbons (Fsp3) is 0.900. The first-order valence-electron chi connectivity index (χ1n) is 9.74. The molecule has 0 atom stereocenters. The molecule has 0 aromatic heterocycles. The van der Waals surface area contributed by atoms with Gasteiger partial charge in [0.05, 0.1) is 0 Å². The van der Waals surface area contributed by atoms with E-state index in [0.717, 1.165) is 25.7 Å². The van der Waals surface area contributed by atoms with Gasteiger partial charge in [-0.3, -0.25) is 0 Å². The van der Waals surface area contributed by atoms with Crippen molar-refractivity contribution in [3.05, 3.63) is 12.7 Å². The fourth-order valence-corrected chi connectivity index (χ4v) is 2.91. The van der Waals surface area contributed by atoms with Crippen LogP contribution < -0.4 is 0 Å². The molecule has 0 heterocycles. The van der Waals surface area contributed by atoms with Gasteiger partial charge in [0.1, 0.15) is 0 Å². The third-order valence-corrected chi connectivity index (χ3v) is 4.37. The summed E-state index contributed by atoms with van der Waals surface area (Å²) in [6, 6.07) is 0. The fourth-order valence-electron chi connectivity index (χ4n) is 2.91. The molecule has 0 fully saturated rings. The molecule has 0 amide bonds. The summed E-state index contributed by atoms with van der Waals surface area (Å²) >= 11 is 0. The molecule has 23 heavy (non-hydrogen) atoms. The van der Waals surface area contributed by atoms with E-state index in [1.54, 1.807) is 0 Å². The number of alkyl halides is 3. The van der Waals surface area contributed by atoms with Crippen molar-refractivity contribution in [1.29, 1.82) is 0 Å². The van der Waals surface area contributed by atoms with Gasteiger partial charge < -0.3 is 0 Å². The molecule has 0 nitrogen and oxygen atoms in total. The molecule has 0 spiro atoms. The van der Waals surface area contributed by atoms with Gasteiger partial charge in [-0.15, -0.1) is 6.58 Å². The Morgan fingerprint density at radius 3 is 1.13 bits per heavy atom. The molecule has 0 bridgehead atoms. The van der Waals surface area contributed by atoms with Gasteiger partial charge in [0.15, 0.2) is 0 Å².